The Morgan fingerprint density at radius 3 is 2.36 bits per heavy atom. The van der Waals surface area contributed by atoms with Crippen molar-refractivity contribution in [3.63, 3.8) is 0 Å². The molecule has 6 nitrogen and oxygen atoms in total. The monoisotopic (exact) mass is 490 g/mol. The average molecular weight is 491 g/mol. The number of ether oxygens (including phenoxy) is 3. The summed E-state index contributed by atoms with van der Waals surface area (Å²) in [6.45, 7) is 13.5. The number of methoxy groups -OCH3 is 2. The maximum Gasteiger partial charge on any atom is 0.410 e. The maximum atomic E-state index is 12.5. The molecule has 192 valence electrons. The molecule has 6 heteroatoms. The van der Waals surface area contributed by atoms with E-state index in [1.165, 1.54) is 27.6 Å². The molecular weight excluding hydrogens is 452 g/mol. The lowest BCUT2D eigenvalue weighted by Crippen LogP contribution is -2.39. The number of H-pyrrole nitrogens is 1. The number of aromatic amines is 1. The van der Waals surface area contributed by atoms with Gasteiger partial charge in [0, 0.05) is 29.6 Å². The van der Waals surface area contributed by atoms with Gasteiger partial charge in [0.2, 0.25) is 0 Å². The predicted octanol–water partition coefficient (Wildman–Crippen LogP) is 7.31. The second-order valence-corrected chi connectivity index (χ2v) is 10.8. The van der Waals surface area contributed by atoms with Crippen LogP contribution in [0.2, 0.25) is 0 Å². The Labute approximate surface area is 214 Å². The van der Waals surface area contributed by atoms with Gasteiger partial charge in [-0.15, -0.1) is 0 Å². The molecule has 0 atom stereocenters. The molecule has 2 aromatic carbocycles. The molecule has 36 heavy (non-hydrogen) atoms. The van der Waals surface area contributed by atoms with Crippen LogP contribution in [0.4, 0.5) is 4.79 Å². The molecule has 0 spiro atoms. The minimum Gasteiger partial charge on any atom is -0.493 e. The average Bonchev–Trinajstić information content (AvgIpc) is 3.20. The summed E-state index contributed by atoms with van der Waals surface area (Å²) < 4.78 is 16.5. The number of fused-ring (bicyclic) bond motifs is 1. The number of amides is 1. The fraction of sp³-hybridized carbons (Fsp3) is 0.433. The second-order valence-electron chi connectivity index (χ2n) is 10.8. The van der Waals surface area contributed by atoms with Crippen LogP contribution < -0.4 is 9.47 Å². The van der Waals surface area contributed by atoms with Gasteiger partial charge in [-0.25, -0.2) is 4.79 Å². The van der Waals surface area contributed by atoms with E-state index in [1.54, 1.807) is 19.1 Å². The number of hydrogen-bond acceptors (Lipinski definition) is 4. The lowest BCUT2D eigenvalue weighted by Gasteiger charge is -2.30. The molecule has 1 N–H and O–H groups in total. The van der Waals surface area contributed by atoms with Gasteiger partial charge < -0.3 is 24.1 Å². The van der Waals surface area contributed by atoms with E-state index in [0.717, 1.165) is 23.2 Å². The fourth-order valence-corrected chi connectivity index (χ4v) is 4.94. The SMILES string of the molecule is COc1ccc(-c2[nH]c3cc(C)c(C4=CCN(C(=O)OC(C)(C)C)CC4)cc3c2C(C)C)cc1OC. The number of hydrogen-bond donors (Lipinski definition) is 1. The van der Waals surface area contributed by atoms with Crippen molar-refractivity contribution in [3.8, 4) is 22.8 Å². The maximum absolute atomic E-state index is 12.5. The summed E-state index contributed by atoms with van der Waals surface area (Å²) in [5.74, 6) is 1.74. The highest BCUT2D eigenvalue weighted by atomic mass is 16.6. The second kappa shape index (κ2) is 9.92. The van der Waals surface area contributed by atoms with Gasteiger partial charge in [0.25, 0.3) is 0 Å². The number of aromatic nitrogens is 1. The first-order valence-electron chi connectivity index (χ1n) is 12.6. The van der Waals surface area contributed by atoms with Gasteiger partial charge in [-0.1, -0.05) is 19.9 Å². The summed E-state index contributed by atoms with van der Waals surface area (Å²) in [5, 5.41) is 1.23. The first-order chi connectivity index (χ1) is 17.0. The van der Waals surface area contributed by atoms with Crippen LogP contribution in [0, 0.1) is 6.92 Å². The van der Waals surface area contributed by atoms with Crippen molar-refractivity contribution in [1.82, 2.24) is 9.88 Å². The quantitative estimate of drug-likeness (QED) is 0.407. The van der Waals surface area contributed by atoms with Gasteiger partial charge >= 0.3 is 6.09 Å². The first kappa shape index (κ1) is 25.7. The number of carbonyl (C=O) groups is 1. The van der Waals surface area contributed by atoms with Crippen LogP contribution in [0.5, 0.6) is 11.5 Å². The van der Waals surface area contributed by atoms with E-state index in [1.807, 2.05) is 32.9 Å². The molecule has 0 aliphatic carbocycles. The van der Waals surface area contributed by atoms with E-state index in [-0.39, 0.29) is 6.09 Å². The van der Waals surface area contributed by atoms with Crippen LogP contribution in [-0.4, -0.2) is 48.9 Å². The summed E-state index contributed by atoms with van der Waals surface area (Å²) in [7, 11) is 3.31. The summed E-state index contributed by atoms with van der Waals surface area (Å²) in [6.07, 6.45) is 2.71. The number of nitrogens with zero attached hydrogens (tertiary/aromatic N) is 1. The number of carbonyl (C=O) groups excluding carboxylic acids is 1. The van der Waals surface area contributed by atoms with Crippen molar-refractivity contribution >= 4 is 22.6 Å². The Balaban J connectivity index is 1.72. The van der Waals surface area contributed by atoms with E-state index in [9.17, 15) is 4.79 Å². The van der Waals surface area contributed by atoms with Crippen LogP contribution in [0.1, 0.15) is 63.6 Å². The largest absolute Gasteiger partial charge is 0.493 e. The molecule has 0 unspecified atom stereocenters. The number of rotatable bonds is 5. The number of aryl methyl sites for hydroxylation is 1. The highest BCUT2D eigenvalue weighted by Crippen LogP contribution is 2.40. The molecule has 3 aromatic rings. The summed E-state index contributed by atoms with van der Waals surface area (Å²) >= 11 is 0. The van der Waals surface area contributed by atoms with Gasteiger partial charge in [0.05, 0.1) is 19.9 Å². The van der Waals surface area contributed by atoms with Crippen LogP contribution in [0.15, 0.2) is 36.4 Å². The normalized spacial score (nSPS) is 14.2. The van der Waals surface area contributed by atoms with Crippen molar-refractivity contribution in [1.29, 1.82) is 0 Å². The molecule has 0 saturated carbocycles. The van der Waals surface area contributed by atoms with E-state index in [0.29, 0.717) is 30.5 Å². The van der Waals surface area contributed by atoms with Crippen molar-refractivity contribution < 1.29 is 19.0 Å². The van der Waals surface area contributed by atoms with Gasteiger partial charge in [-0.05, 0) is 92.6 Å². The number of benzene rings is 2. The van der Waals surface area contributed by atoms with Crippen LogP contribution in [0.25, 0.3) is 27.7 Å². The third kappa shape index (κ3) is 5.08. The van der Waals surface area contributed by atoms with Crippen molar-refractivity contribution in [2.75, 3.05) is 27.3 Å². The minimum atomic E-state index is -0.490. The van der Waals surface area contributed by atoms with Crippen molar-refractivity contribution in [2.24, 2.45) is 0 Å². The van der Waals surface area contributed by atoms with Gasteiger partial charge in [0.1, 0.15) is 5.60 Å². The van der Waals surface area contributed by atoms with E-state index < -0.39 is 5.60 Å². The van der Waals surface area contributed by atoms with Gasteiger partial charge in [-0.3, -0.25) is 0 Å². The van der Waals surface area contributed by atoms with Crippen molar-refractivity contribution in [3.05, 3.63) is 53.1 Å². The summed E-state index contributed by atoms with van der Waals surface area (Å²) in [5.41, 5.74) is 7.82. The summed E-state index contributed by atoms with van der Waals surface area (Å²) in [4.78, 5) is 17.9. The molecule has 2 heterocycles. The standard InChI is InChI=1S/C30H38N2O4/c1-18(2)27-23-17-22(20-11-13-32(14-12-20)29(33)36-30(4,5)6)19(3)15-24(23)31-28(27)21-9-10-25(34-7)26(16-21)35-8/h9-11,15-18,31H,12-14H2,1-8H3. The lowest BCUT2D eigenvalue weighted by atomic mass is 9.91. The molecule has 1 amide bonds. The molecule has 0 saturated heterocycles. The van der Waals surface area contributed by atoms with Crippen LogP contribution in [-0.2, 0) is 4.74 Å². The van der Waals surface area contributed by atoms with Crippen LogP contribution >= 0.6 is 0 Å². The highest BCUT2D eigenvalue weighted by molar-refractivity contribution is 5.95. The topological polar surface area (TPSA) is 63.8 Å². The smallest absolute Gasteiger partial charge is 0.410 e. The Bertz CT molecular complexity index is 1310. The van der Waals surface area contributed by atoms with E-state index in [2.05, 4.69) is 50.0 Å². The third-order valence-corrected chi connectivity index (χ3v) is 6.64. The lowest BCUT2D eigenvalue weighted by molar-refractivity contribution is 0.0270. The Morgan fingerprint density at radius 2 is 1.78 bits per heavy atom. The molecule has 4 rings (SSSR count). The van der Waals surface area contributed by atoms with Gasteiger partial charge in [0.15, 0.2) is 11.5 Å². The molecule has 1 aliphatic heterocycles. The Hall–Kier alpha value is -3.41. The zero-order valence-corrected chi connectivity index (χ0v) is 22.7. The molecule has 1 aromatic heterocycles. The molecule has 1 aliphatic rings. The molecule has 0 fully saturated rings. The van der Waals surface area contributed by atoms with Crippen LogP contribution in [0.3, 0.4) is 0 Å². The zero-order valence-electron chi connectivity index (χ0n) is 22.7. The van der Waals surface area contributed by atoms with Gasteiger partial charge in [-0.2, -0.15) is 0 Å². The molecular formula is C30H38N2O4. The fourth-order valence-electron chi connectivity index (χ4n) is 4.94. The first-order valence-corrected chi connectivity index (χ1v) is 12.6. The Morgan fingerprint density at radius 1 is 1.06 bits per heavy atom. The predicted molar refractivity (Wildman–Crippen MR) is 146 cm³/mol. The van der Waals surface area contributed by atoms with Crippen molar-refractivity contribution in [2.45, 2.75) is 59.5 Å². The minimum absolute atomic E-state index is 0.253. The number of nitrogens with one attached hydrogen (secondary N) is 1. The van der Waals surface area contributed by atoms with E-state index in [4.69, 9.17) is 14.2 Å². The molecule has 0 radical (unpaired) electrons. The molecule has 0 bridgehead atoms. The van der Waals surface area contributed by atoms with E-state index >= 15 is 0 Å². The summed E-state index contributed by atoms with van der Waals surface area (Å²) in [6, 6.07) is 10.6. The third-order valence-electron chi connectivity index (χ3n) is 6.64. The highest BCUT2D eigenvalue weighted by Gasteiger charge is 2.25. The zero-order chi connectivity index (χ0) is 26.2. The Kier molecular flexibility index (Phi) is 7.07.